The summed E-state index contributed by atoms with van der Waals surface area (Å²) in [4.78, 5) is 19.0. The Morgan fingerprint density at radius 3 is 2.79 bits per heavy atom. The number of nitrogens with zero attached hydrogens (tertiary/aromatic N) is 3. The lowest BCUT2D eigenvalue weighted by molar-refractivity contribution is -0.118. The van der Waals surface area contributed by atoms with Crippen molar-refractivity contribution in [1.29, 1.82) is 0 Å². The third kappa shape index (κ3) is 3.63. The largest absolute Gasteiger partial charge is 0.311 e. The summed E-state index contributed by atoms with van der Waals surface area (Å²) in [5.74, 6) is -0.200. The maximum absolute atomic E-state index is 13.5. The van der Waals surface area contributed by atoms with Crippen LogP contribution >= 0.6 is 0 Å². The highest BCUT2D eigenvalue weighted by atomic mass is 32.2. The monoisotopic (exact) mass is 409 g/mol. The van der Waals surface area contributed by atoms with Gasteiger partial charge in [-0.25, -0.2) is 8.42 Å². The molecule has 1 aliphatic heterocycles. The fourth-order valence-corrected chi connectivity index (χ4v) is 5.52. The third-order valence-corrected chi connectivity index (χ3v) is 7.13. The number of hydrogen-bond donors (Lipinski definition) is 0. The molecule has 2 aromatic carbocycles. The molecule has 1 aromatic heterocycles. The molecule has 150 valence electrons. The summed E-state index contributed by atoms with van der Waals surface area (Å²) in [6.07, 6.45) is 4.64. The minimum atomic E-state index is -3.83. The average molecular weight is 410 g/mol. The number of anilines is 1. The summed E-state index contributed by atoms with van der Waals surface area (Å²) in [5, 5.41) is 1.37. The first-order chi connectivity index (χ1) is 14.0. The highest BCUT2D eigenvalue weighted by Gasteiger charge is 2.31. The number of aromatic nitrogens is 1. The van der Waals surface area contributed by atoms with Crippen LogP contribution < -0.4 is 4.90 Å². The summed E-state index contributed by atoms with van der Waals surface area (Å²) in [6, 6.07) is 14.6. The van der Waals surface area contributed by atoms with E-state index in [1.165, 1.54) is 4.31 Å². The molecule has 0 spiro atoms. The van der Waals surface area contributed by atoms with Gasteiger partial charge in [0.15, 0.2) is 0 Å². The minimum Gasteiger partial charge on any atom is -0.311 e. The van der Waals surface area contributed by atoms with E-state index in [9.17, 15) is 13.2 Å². The molecule has 1 amide bonds. The van der Waals surface area contributed by atoms with E-state index in [2.05, 4.69) is 4.98 Å². The van der Waals surface area contributed by atoms with Crippen LogP contribution in [0.15, 0.2) is 65.8 Å². The van der Waals surface area contributed by atoms with Crippen molar-refractivity contribution in [3.05, 3.63) is 66.5 Å². The molecule has 0 unspecified atom stereocenters. The number of sulfonamides is 1. The molecule has 3 aromatic rings. The molecule has 4 rings (SSSR count). The molecule has 1 aliphatic rings. The molecule has 0 atom stereocenters. The fraction of sp³-hybridized carbons (Fsp3) is 0.273. The van der Waals surface area contributed by atoms with Gasteiger partial charge in [-0.15, -0.1) is 0 Å². The Morgan fingerprint density at radius 1 is 1.14 bits per heavy atom. The van der Waals surface area contributed by atoms with Crippen molar-refractivity contribution in [2.75, 3.05) is 24.5 Å². The van der Waals surface area contributed by atoms with Gasteiger partial charge >= 0.3 is 0 Å². The van der Waals surface area contributed by atoms with Crippen LogP contribution in [0.3, 0.4) is 0 Å². The Morgan fingerprint density at radius 2 is 1.97 bits per heavy atom. The lowest BCUT2D eigenvalue weighted by Gasteiger charge is -2.25. The Hall–Kier alpha value is -2.77. The van der Waals surface area contributed by atoms with Crippen LogP contribution in [0.2, 0.25) is 0 Å². The van der Waals surface area contributed by atoms with Gasteiger partial charge in [-0.2, -0.15) is 4.31 Å². The van der Waals surface area contributed by atoms with Crippen LogP contribution in [-0.2, 0) is 21.2 Å². The Labute approximate surface area is 170 Å². The maximum Gasteiger partial charge on any atom is 0.244 e. The number of amides is 1. The van der Waals surface area contributed by atoms with Crippen LogP contribution in [0, 0.1) is 0 Å². The minimum absolute atomic E-state index is 0.175. The number of pyridine rings is 1. The molecule has 6 nitrogen and oxygen atoms in total. The second-order valence-electron chi connectivity index (χ2n) is 7.12. The molecular weight excluding hydrogens is 386 g/mol. The van der Waals surface area contributed by atoms with Gasteiger partial charge in [0.2, 0.25) is 15.9 Å². The van der Waals surface area contributed by atoms with Crippen molar-refractivity contribution in [1.82, 2.24) is 9.29 Å². The lowest BCUT2D eigenvalue weighted by Crippen LogP contribution is -2.42. The first-order valence-electron chi connectivity index (χ1n) is 9.73. The van der Waals surface area contributed by atoms with E-state index >= 15 is 0 Å². The van der Waals surface area contributed by atoms with Crippen LogP contribution in [-0.4, -0.2) is 43.2 Å². The van der Waals surface area contributed by atoms with Gasteiger partial charge in [0, 0.05) is 41.9 Å². The Balaban J connectivity index is 1.66. The molecule has 0 saturated heterocycles. The number of carbonyl (C=O) groups excluding carboxylic acids is 1. The van der Waals surface area contributed by atoms with E-state index in [-0.39, 0.29) is 23.9 Å². The smallest absolute Gasteiger partial charge is 0.244 e. The molecule has 29 heavy (non-hydrogen) atoms. The van der Waals surface area contributed by atoms with E-state index in [1.807, 2.05) is 37.3 Å². The van der Waals surface area contributed by atoms with Crippen molar-refractivity contribution in [2.24, 2.45) is 0 Å². The van der Waals surface area contributed by atoms with Crippen LogP contribution in [0.5, 0.6) is 0 Å². The molecule has 2 heterocycles. The fourth-order valence-electron chi connectivity index (χ4n) is 3.82. The van der Waals surface area contributed by atoms with Crippen molar-refractivity contribution < 1.29 is 13.2 Å². The van der Waals surface area contributed by atoms with Gasteiger partial charge in [0.05, 0.1) is 11.4 Å². The molecule has 0 fully saturated rings. The van der Waals surface area contributed by atoms with Crippen LogP contribution in [0.4, 0.5) is 5.69 Å². The molecule has 0 aliphatic carbocycles. The van der Waals surface area contributed by atoms with Gasteiger partial charge < -0.3 is 4.90 Å². The first-order valence-corrected chi connectivity index (χ1v) is 11.2. The normalized spacial score (nSPS) is 13.8. The number of carbonyl (C=O) groups is 1. The third-order valence-electron chi connectivity index (χ3n) is 5.23. The number of rotatable bonds is 6. The topological polar surface area (TPSA) is 70.6 Å². The molecule has 0 N–H and O–H groups in total. The van der Waals surface area contributed by atoms with E-state index in [0.29, 0.717) is 18.4 Å². The lowest BCUT2D eigenvalue weighted by atomic mass is 10.2. The summed E-state index contributed by atoms with van der Waals surface area (Å²) < 4.78 is 28.2. The van der Waals surface area contributed by atoms with Gasteiger partial charge in [-0.3, -0.25) is 9.78 Å². The van der Waals surface area contributed by atoms with Gasteiger partial charge in [-0.1, -0.05) is 37.3 Å². The quantitative estimate of drug-likeness (QED) is 0.627. The predicted octanol–water partition coefficient (Wildman–Crippen LogP) is 3.22. The van der Waals surface area contributed by atoms with E-state index < -0.39 is 10.0 Å². The molecule has 0 bridgehead atoms. The highest BCUT2D eigenvalue weighted by molar-refractivity contribution is 7.89. The summed E-state index contributed by atoms with van der Waals surface area (Å²) >= 11 is 0. The molecule has 7 heteroatoms. The summed E-state index contributed by atoms with van der Waals surface area (Å²) in [6.45, 7) is 2.60. The van der Waals surface area contributed by atoms with Gasteiger partial charge in [-0.05, 0) is 36.6 Å². The number of fused-ring (bicyclic) bond motifs is 2. The zero-order valence-corrected chi connectivity index (χ0v) is 17.1. The second-order valence-corrected chi connectivity index (χ2v) is 9.02. The van der Waals surface area contributed by atoms with E-state index in [4.69, 9.17) is 0 Å². The maximum atomic E-state index is 13.5. The van der Waals surface area contributed by atoms with E-state index in [1.54, 1.807) is 35.5 Å². The standard InChI is InChI=1S/C22H23N3O3S/c1-2-13-24(16-22(26)25-14-11-17-6-3-4-8-20(17)25)29(27,28)21-9-5-7-18-15-23-12-10-19(18)21/h3-10,12,15H,2,11,13-14,16H2,1H3. The Kier molecular flexibility index (Phi) is 5.34. The van der Waals surface area contributed by atoms with Crippen molar-refractivity contribution in [3.63, 3.8) is 0 Å². The van der Waals surface area contributed by atoms with Crippen LogP contribution in [0.1, 0.15) is 18.9 Å². The van der Waals surface area contributed by atoms with E-state index in [0.717, 1.165) is 23.1 Å². The van der Waals surface area contributed by atoms with Gasteiger partial charge in [0.1, 0.15) is 0 Å². The summed E-state index contributed by atoms with van der Waals surface area (Å²) in [7, 11) is -3.83. The highest BCUT2D eigenvalue weighted by Crippen LogP contribution is 2.29. The number of hydrogen-bond acceptors (Lipinski definition) is 4. The summed E-state index contributed by atoms with van der Waals surface area (Å²) in [5.41, 5.74) is 2.00. The molecule has 0 radical (unpaired) electrons. The second kappa shape index (κ2) is 7.93. The molecule has 0 saturated carbocycles. The predicted molar refractivity (Wildman–Crippen MR) is 113 cm³/mol. The SMILES string of the molecule is CCCN(CC(=O)N1CCc2ccccc21)S(=O)(=O)c1cccc2cnccc12. The van der Waals surface area contributed by atoms with Crippen molar-refractivity contribution in [2.45, 2.75) is 24.7 Å². The number of benzene rings is 2. The van der Waals surface area contributed by atoms with Gasteiger partial charge in [0.25, 0.3) is 0 Å². The first kappa shape index (κ1) is 19.5. The zero-order chi connectivity index (χ0) is 20.4. The average Bonchev–Trinajstić information content (AvgIpc) is 3.17. The van der Waals surface area contributed by atoms with Crippen LogP contribution in [0.25, 0.3) is 10.8 Å². The number of para-hydroxylation sites is 1. The van der Waals surface area contributed by atoms with Crippen molar-refractivity contribution in [3.8, 4) is 0 Å². The molecular formula is C22H23N3O3S. The zero-order valence-electron chi connectivity index (χ0n) is 16.3. The van der Waals surface area contributed by atoms with Crippen molar-refractivity contribution >= 4 is 32.4 Å². The Bertz CT molecular complexity index is 1160.